The topological polar surface area (TPSA) is 23.8 Å². The van der Waals surface area contributed by atoms with Gasteiger partial charge in [0.15, 0.2) is 0 Å². The van der Waals surface area contributed by atoms with Crippen LogP contribution in [0.2, 0.25) is 0 Å². The van der Waals surface area contributed by atoms with Crippen molar-refractivity contribution in [3.63, 3.8) is 0 Å². The van der Waals surface area contributed by atoms with Crippen LogP contribution >= 0.6 is 0 Å². The third-order valence-corrected chi connectivity index (χ3v) is 6.82. The normalized spacial score (nSPS) is 31.2. The quantitative estimate of drug-likeness (QED) is 0.403. The Balaban J connectivity index is 1.52. The van der Waals surface area contributed by atoms with Gasteiger partial charge in [-0.1, -0.05) is 96.5 Å². The second-order valence-corrected chi connectivity index (χ2v) is 8.60. The van der Waals surface area contributed by atoms with Gasteiger partial charge in [0.05, 0.1) is 6.07 Å². The van der Waals surface area contributed by atoms with E-state index in [2.05, 4.69) is 13.0 Å². The molecule has 0 aromatic heterocycles. The summed E-state index contributed by atoms with van der Waals surface area (Å²) in [7, 11) is 0. The van der Waals surface area contributed by atoms with Crippen LogP contribution in [0.1, 0.15) is 103 Å². The zero-order chi connectivity index (χ0) is 17.0. The third kappa shape index (κ3) is 7.42. The van der Waals surface area contributed by atoms with E-state index in [1.807, 2.05) is 6.08 Å². The molecule has 0 aromatic carbocycles. The van der Waals surface area contributed by atoms with Gasteiger partial charge >= 0.3 is 0 Å². The van der Waals surface area contributed by atoms with Crippen molar-refractivity contribution >= 4 is 0 Å². The van der Waals surface area contributed by atoms with Crippen LogP contribution in [0, 0.1) is 35.0 Å². The Hall–Kier alpha value is -0.770. The van der Waals surface area contributed by atoms with Gasteiger partial charge in [-0.25, -0.2) is 0 Å². The van der Waals surface area contributed by atoms with E-state index in [0.717, 1.165) is 30.1 Å². The van der Waals surface area contributed by atoms with Crippen molar-refractivity contribution in [3.05, 3.63) is 12.2 Å². The highest BCUT2D eigenvalue weighted by Gasteiger charge is 2.24. The number of hydrogen-bond donors (Lipinski definition) is 0. The van der Waals surface area contributed by atoms with Crippen LogP contribution < -0.4 is 0 Å². The summed E-state index contributed by atoms with van der Waals surface area (Å²) >= 11 is 0. The predicted octanol–water partition coefficient (Wildman–Crippen LogP) is 7.43. The highest BCUT2D eigenvalue weighted by Crippen LogP contribution is 2.38. The second-order valence-electron chi connectivity index (χ2n) is 8.60. The van der Waals surface area contributed by atoms with Crippen molar-refractivity contribution in [2.75, 3.05) is 0 Å². The molecule has 0 heterocycles. The number of unbranched alkanes of at least 4 members (excludes halogenated alkanes) is 1. The number of nitriles is 1. The fourth-order valence-corrected chi connectivity index (χ4v) is 5.05. The number of hydrogen-bond acceptors (Lipinski definition) is 1. The van der Waals surface area contributed by atoms with Crippen LogP contribution in [0.3, 0.4) is 0 Å². The molecule has 2 aliphatic rings. The number of allylic oxidation sites excluding steroid dienone is 2. The van der Waals surface area contributed by atoms with E-state index in [1.165, 1.54) is 89.9 Å². The van der Waals surface area contributed by atoms with Gasteiger partial charge in [-0.15, -0.1) is 0 Å². The monoisotopic (exact) mass is 329 g/mol. The molecular weight excluding hydrogens is 290 g/mol. The Kier molecular flexibility index (Phi) is 9.55. The van der Waals surface area contributed by atoms with Gasteiger partial charge in [-0.2, -0.15) is 5.26 Å². The number of rotatable bonds is 9. The molecule has 1 nitrogen and oxygen atoms in total. The minimum Gasteiger partial charge on any atom is -0.193 e. The zero-order valence-corrected chi connectivity index (χ0v) is 16.0. The molecule has 0 aromatic rings. The summed E-state index contributed by atoms with van der Waals surface area (Å²) in [6.07, 6.45) is 25.3. The maximum atomic E-state index is 8.52. The fraction of sp³-hybridized carbons (Fsp3) is 0.870. The molecule has 2 rings (SSSR count). The molecule has 0 radical (unpaired) electrons. The SMILES string of the molecule is CCCC[C@H]1CC[C@H](CCC2CCC(CCC=CC#N)CC2)CC1. The molecule has 0 saturated heterocycles. The van der Waals surface area contributed by atoms with E-state index in [1.54, 1.807) is 6.08 Å². The van der Waals surface area contributed by atoms with E-state index in [0.29, 0.717) is 0 Å². The summed E-state index contributed by atoms with van der Waals surface area (Å²) in [5.41, 5.74) is 0. The Labute approximate surface area is 150 Å². The standard InChI is InChI=1S/C23H39N/c1-2-3-7-20-9-13-22(14-10-20)17-18-23-15-11-21(12-16-23)8-5-4-6-19-24/h4,6,20-23H,2-3,5,7-18H2,1H3/t20-,21?,22-,23?. The predicted molar refractivity (Wildman–Crippen MR) is 104 cm³/mol. The fourth-order valence-electron chi connectivity index (χ4n) is 5.05. The summed E-state index contributed by atoms with van der Waals surface area (Å²) in [6, 6.07) is 2.09. The summed E-state index contributed by atoms with van der Waals surface area (Å²) in [5, 5.41) is 8.52. The first-order valence-corrected chi connectivity index (χ1v) is 10.9. The Bertz CT molecular complexity index is 375. The molecular formula is C23H39N. The maximum absolute atomic E-state index is 8.52. The van der Waals surface area contributed by atoms with Gasteiger partial charge < -0.3 is 0 Å². The average Bonchev–Trinajstić information content (AvgIpc) is 2.64. The lowest BCUT2D eigenvalue weighted by Crippen LogP contribution is -2.18. The zero-order valence-electron chi connectivity index (χ0n) is 16.0. The molecule has 0 N–H and O–H groups in total. The lowest BCUT2D eigenvalue weighted by atomic mass is 9.74. The summed E-state index contributed by atoms with van der Waals surface area (Å²) in [5.74, 6) is 4.07. The molecule has 2 aliphatic carbocycles. The van der Waals surface area contributed by atoms with Crippen LogP contribution in [0.25, 0.3) is 0 Å². The van der Waals surface area contributed by atoms with E-state index >= 15 is 0 Å². The third-order valence-electron chi connectivity index (χ3n) is 6.82. The summed E-state index contributed by atoms with van der Waals surface area (Å²) in [4.78, 5) is 0. The van der Waals surface area contributed by atoms with Crippen LogP contribution in [0.15, 0.2) is 12.2 Å². The van der Waals surface area contributed by atoms with Crippen molar-refractivity contribution in [1.29, 1.82) is 5.26 Å². The first-order valence-electron chi connectivity index (χ1n) is 10.9. The number of nitrogens with zero attached hydrogens (tertiary/aromatic N) is 1. The molecule has 2 saturated carbocycles. The van der Waals surface area contributed by atoms with E-state index in [-0.39, 0.29) is 0 Å². The largest absolute Gasteiger partial charge is 0.193 e. The van der Waals surface area contributed by atoms with Gasteiger partial charge in [0.1, 0.15) is 0 Å². The second kappa shape index (κ2) is 11.7. The Morgan fingerprint density at radius 3 is 1.67 bits per heavy atom. The smallest absolute Gasteiger partial charge is 0.0908 e. The van der Waals surface area contributed by atoms with Crippen LogP contribution in [0.5, 0.6) is 0 Å². The van der Waals surface area contributed by atoms with Gasteiger partial charge in [-0.3, -0.25) is 0 Å². The van der Waals surface area contributed by atoms with E-state index in [9.17, 15) is 0 Å². The molecule has 0 aliphatic heterocycles. The summed E-state index contributed by atoms with van der Waals surface area (Å²) < 4.78 is 0. The minimum absolute atomic E-state index is 0.929. The average molecular weight is 330 g/mol. The molecule has 0 atom stereocenters. The first kappa shape index (κ1) is 19.6. The molecule has 0 spiro atoms. The maximum Gasteiger partial charge on any atom is 0.0908 e. The molecule has 0 bridgehead atoms. The lowest BCUT2D eigenvalue weighted by molar-refractivity contribution is 0.209. The van der Waals surface area contributed by atoms with Gasteiger partial charge in [0.25, 0.3) is 0 Å². The van der Waals surface area contributed by atoms with Crippen LogP contribution in [0.4, 0.5) is 0 Å². The van der Waals surface area contributed by atoms with Crippen molar-refractivity contribution in [1.82, 2.24) is 0 Å². The van der Waals surface area contributed by atoms with Gasteiger partial charge in [0.2, 0.25) is 0 Å². The molecule has 0 unspecified atom stereocenters. The Morgan fingerprint density at radius 1 is 0.750 bits per heavy atom. The molecule has 24 heavy (non-hydrogen) atoms. The molecule has 0 amide bonds. The lowest BCUT2D eigenvalue weighted by Gasteiger charge is -2.32. The first-order chi connectivity index (χ1) is 11.8. The molecule has 2 fully saturated rings. The van der Waals surface area contributed by atoms with Crippen molar-refractivity contribution in [3.8, 4) is 6.07 Å². The van der Waals surface area contributed by atoms with E-state index in [4.69, 9.17) is 5.26 Å². The molecule has 1 heteroatoms. The Morgan fingerprint density at radius 2 is 1.21 bits per heavy atom. The van der Waals surface area contributed by atoms with Crippen molar-refractivity contribution in [2.45, 2.75) is 103 Å². The molecule has 136 valence electrons. The van der Waals surface area contributed by atoms with Crippen LogP contribution in [-0.4, -0.2) is 0 Å². The van der Waals surface area contributed by atoms with E-state index < -0.39 is 0 Å². The van der Waals surface area contributed by atoms with Crippen LogP contribution in [-0.2, 0) is 0 Å². The van der Waals surface area contributed by atoms with Gasteiger partial charge in [0, 0.05) is 6.08 Å². The van der Waals surface area contributed by atoms with Crippen molar-refractivity contribution in [2.24, 2.45) is 23.7 Å². The summed E-state index contributed by atoms with van der Waals surface area (Å²) in [6.45, 7) is 2.32. The highest BCUT2D eigenvalue weighted by molar-refractivity contribution is 5.01. The van der Waals surface area contributed by atoms with Gasteiger partial charge in [-0.05, 0) is 36.5 Å². The highest BCUT2D eigenvalue weighted by atomic mass is 14.3. The minimum atomic E-state index is 0.929. The van der Waals surface area contributed by atoms with Crippen molar-refractivity contribution < 1.29 is 0 Å².